The standard InChI is InChI=1S/C17H13F3N4/c1-11-8-16(24-22-10-13-4-2-3-7-21-13)14-9-12(17(18,19)20)5-6-15(14)23-11/h2-10H,1H3,(H,23,24). The predicted octanol–water partition coefficient (Wildman–Crippen LogP) is 4.40. The van der Waals surface area contributed by atoms with Crippen molar-refractivity contribution in [1.82, 2.24) is 9.97 Å². The second-order valence-corrected chi connectivity index (χ2v) is 5.17. The van der Waals surface area contributed by atoms with Gasteiger partial charge in [-0.2, -0.15) is 18.3 Å². The van der Waals surface area contributed by atoms with E-state index in [2.05, 4.69) is 20.5 Å². The lowest BCUT2D eigenvalue weighted by Crippen LogP contribution is -2.05. The second-order valence-electron chi connectivity index (χ2n) is 5.17. The molecule has 122 valence electrons. The van der Waals surface area contributed by atoms with Crippen molar-refractivity contribution in [3.05, 3.63) is 65.6 Å². The number of fused-ring (bicyclic) bond motifs is 1. The smallest absolute Gasteiger partial charge is 0.278 e. The number of nitrogens with one attached hydrogen (secondary N) is 1. The van der Waals surface area contributed by atoms with Gasteiger partial charge >= 0.3 is 6.18 Å². The Balaban J connectivity index is 1.98. The van der Waals surface area contributed by atoms with Gasteiger partial charge in [-0.05, 0) is 43.3 Å². The summed E-state index contributed by atoms with van der Waals surface area (Å²) in [6, 6.07) is 10.5. The van der Waals surface area contributed by atoms with Gasteiger partial charge in [-0.25, -0.2) is 0 Å². The van der Waals surface area contributed by atoms with Gasteiger partial charge in [0.1, 0.15) is 0 Å². The molecule has 1 N–H and O–H groups in total. The van der Waals surface area contributed by atoms with E-state index in [9.17, 15) is 13.2 Å². The van der Waals surface area contributed by atoms with Gasteiger partial charge in [0, 0.05) is 17.3 Å². The van der Waals surface area contributed by atoms with Crippen molar-refractivity contribution in [2.45, 2.75) is 13.1 Å². The van der Waals surface area contributed by atoms with Crippen molar-refractivity contribution in [2.24, 2.45) is 5.10 Å². The first-order valence-corrected chi connectivity index (χ1v) is 7.12. The number of hydrogen-bond acceptors (Lipinski definition) is 4. The molecule has 0 radical (unpaired) electrons. The highest BCUT2D eigenvalue weighted by Gasteiger charge is 2.30. The maximum atomic E-state index is 12.9. The molecule has 0 unspecified atom stereocenters. The summed E-state index contributed by atoms with van der Waals surface area (Å²) in [7, 11) is 0. The SMILES string of the molecule is Cc1cc(NN=Cc2ccccn2)c2cc(C(F)(F)F)ccc2n1. The first kappa shape index (κ1) is 15.9. The van der Waals surface area contributed by atoms with E-state index in [0.29, 0.717) is 28.0 Å². The lowest BCUT2D eigenvalue weighted by molar-refractivity contribution is -0.137. The Morgan fingerprint density at radius 2 is 1.96 bits per heavy atom. The summed E-state index contributed by atoms with van der Waals surface area (Å²) < 4.78 is 38.8. The van der Waals surface area contributed by atoms with Crippen LogP contribution in [0.2, 0.25) is 0 Å². The van der Waals surface area contributed by atoms with Crippen LogP contribution in [-0.2, 0) is 6.18 Å². The van der Waals surface area contributed by atoms with E-state index in [1.54, 1.807) is 31.3 Å². The minimum Gasteiger partial charge on any atom is -0.278 e. The number of halogens is 3. The lowest BCUT2D eigenvalue weighted by atomic mass is 10.1. The molecule has 4 nitrogen and oxygen atoms in total. The normalized spacial score (nSPS) is 12.0. The van der Waals surface area contributed by atoms with E-state index in [-0.39, 0.29) is 0 Å². The minimum absolute atomic E-state index is 0.355. The molecule has 7 heteroatoms. The van der Waals surface area contributed by atoms with Crippen molar-refractivity contribution >= 4 is 22.8 Å². The number of nitrogens with zero attached hydrogens (tertiary/aromatic N) is 3. The molecule has 0 bridgehead atoms. The Labute approximate surface area is 136 Å². The Hall–Kier alpha value is -2.96. The van der Waals surface area contributed by atoms with E-state index in [4.69, 9.17) is 0 Å². The molecule has 0 aliphatic heterocycles. The Kier molecular flexibility index (Phi) is 4.16. The summed E-state index contributed by atoms with van der Waals surface area (Å²) >= 11 is 0. The van der Waals surface area contributed by atoms with E-state index in [1.165, 1.54) is 12.3 Å². The van der Waals surface area contributed by atoms with E-state index in [1.807, 2.05) is 6.07 Å². The van der Waals surface area contributed by atoms with E-state index >= 15 is 0 Å². The molecule has 0 atom stereocenters. The Bertz CT molecular complexity index is 889. The van der Waals surface area contributed by atoms with Crippen molar-refractivity contribution in [1.29, 1.82) is 0 Å². The maximum absolute atomic E-state index is 12.9. The zero-order valence-corrected chi connectivity index (χ0v) is 12.7. The summed E-state index contributed by atoms with van der Waals surface area (Å²) in [5, 5.41) is 4.40. The molecule has 3 rings (SSSR count). The third-order valence-electron chi connectivity index (χ3n) is 3.33. The van der Waals surface area contributed by atoms with Crippen LogP contribution in [0, 0.1) is 6.92 Å². The van der Waals surface area contributed by atoms with Crippen LogP contribution in [0.5, 0.6) is 0 Å². The number of aryl methyl sites for hydroxylation is 1. The molecule has 0 amide bonds. The first-order valence-electron chi connectivity index (χ1n) is 7.12. The quantitative estimate of drug-likeness (QED) is 0.572. The fourth-order valence-electron chi connectivity index (χ4n) is 2.25. The Morgan fingerprint density at radius 3 is 2.67 bits per heavy atom. The highest BCUT2D eigenvalue weighted by Crippen LogP contribution is 2.33. The van der Waals surface area contributed by atoms with Gasteiger partial charge in [0.2, 0.25) is 0 Å². The molecular formula is C17H13F3N4. The summed E-state index contributed by atoms with van der Waals surface area (Å²) in [5.41, 5.74) is 4.29. The molecule has 3 aromatic rings. The van der Waals surface area contributed by atoms with Gasteiger partial charge < -0.3 is 0 Å². The fraction of sp³-hybridized carbons (Fsp3) is 0.118. The van der Waals surface area contributed by atoms with Crippen LogP contribution in [0.4, 0.5) is 18.9 Å². The molecule has 0 aliphatic carbocycles. The van der Waals surface area contributed by atoms with Gasteiger partial charge in [0.25, 0.3) is 0 Å². The van der Waals surface area contributed by atoms with Crippen LogP contribution in [0.25, 0.3) is 10.9 Å². The summed E-state index contributed by atoms with van der Waals surface area (Å²) in [5.74, 6) is 0. The zero-order chi connectivity index (χ0) is 17.2. The molecule has 1 aromatic carbocycles. The third kappa shape index (κ3) is 3.51. The molecule has 24 heavy (non-hydrogen) atoms. The topological polar surface area (TPSA) is 50.2 Å². The summed E-state index contributed by atoms with van der Waals surface area (Å²) in [6.45, 7) is 1.77. The van der Waals surface area contributed by atoms with E-state index < -0.39 is 11.7 Å². The zero-order valence-electron chi connectivity index (χ0n) is 12.7. The average Bonchev–Trinajstić information content (AvgIpc) is 2.54. The number of anilines is 1. The lowest BCUT2D eigenvalue weighted by Gasteiger charge is -2.11. The highest BCUT2D eigenvalue weighted by atomic mass is 19.4. The monoisotopic (exact) mass is 330 g/mol. The molecule has 2 aromatic heterocycles. The number of hydrazone groups is 1. The van der Waals surface area contributed by atoms with Crippen LogP contribution < -0.4 is 5.43 Å². The van der Waals surface area contributed by atoms with Gasteiger partial charge in [0.15, 0.2) is 0 Å². The molecule has 0 fully saturated rings. The van der Waals surface area contributed by atoms with E-state index in [0.717, 1.165) is 12.1 Å². The van der Waals surface area contributed by atoms with Crippen LogP contribution in [-0.4, -0.2) is 16.2 Å². The molecule has 0 spiro atoms. The number of aromatic nitrogens is 2. The fourth-order valence-corrected chi connectivity index (χ4v) is 2.25. The van der Waals surface area contributed by atoms with Crippen molar-refractivity contribution in [2.75, 3.05) is 5.43 Å². The molecule has 0 saturated carbocycles. The molecule has 0 aliphatic rings. The van der Waals surface area contributed by atoms with Crippen LogP contribution in [0.1, 0.15) is 17.0 Å². The van der Waals surface area contributed by atoms with Gasteiger partial charge in [0.05, 0.1) is 28.7 Å². The largest absolute Gasteiger partial charge is 0.416 e. The summed E-state index contributed by atoms with van der Waals surface area (Å²) in [4.78, 5) is 8.34. The first-order chi connectivity index (χ1) is 11.4. The highest BCUT2D eigenvalue weighted by molar-refractivity contribution is 5.92. The van der Waals surface area contributed by atoms with Crippen LogP contribution >= 0.6 is 0 Å². The van der Waals surface area contributed by atoms with Gasteiger partial charge in [-0.3, -0.25) is 15.4 Å². The van der Waals surface area contributed by atoms with Crippen molar-refractivity contribution in [3.63, 3.8) is 0 Å². The van der Waals surface area contributed by atoms with Gasteiger partial charge in [-0.1, -0.05) is 6.07 Å². The second kappa shape index (κ2) is 6.27. The van der Waals surface area contributed by atoms with Crippen molar-refractivity contribution in [3.8, 4) is 0 Å². The number of benzene rings is 1. The molecular weight excluding hydrogens is 317 g/mol. The maximum Gasteiger partial charge on any atom is 0.416 e. The number of rotatable bonds is 3. The Morgan fingerprint density at radius 1 is 1.12 bits per heavy atom. The average molecular weight is 330 g/mol. The van der Waals surface area contributed by atoms with Crippen LogP contribution in [0.3, 0.4) is 0 Å². The number of pyridine rings is 2. The number of hydrogen-bond donors (Lipinski definition) is 1. The third-order valence-corrected chi connectivity index (χ3v) is 3.33. The minimum atomic E-state index is -4.41. The van der Waals surface area contributed by atoms with Crippen molar-refractivity contribution < 1.29 is 13.2 Å². The van der Waals surface area contributed by atoms with Crippen LogP contribution in [0.15, 0.2) is 53.8 Å². The molecule has 2 heterocycles. The predicted molar refractivity (Wildman–Crippen MR) is 86.9 cm³/mol. The molecule has 0 saturated heterocycles. The number of alkyl halides is 3. The van der Waals surface area contributed by atoms with Gasteiger partial charge in [-0.15, -0.1) is 0 Å². The summed E-state index contributed by atoms with van der Waals surface area (Å²) in [6.07, 6.45) is -1.29.